The first-order valence-corrected chi connectivity index (χ1v) is 8.46. The van der Waals surface area contributed by atoms with Gasteiger partial charge in [-0.2, -0.15) is 5.26 Å². The Hall–Kier alpha value is -2.85. The van der Waals surface area contributed by atoms with E-state index in [1.807, 2.05) is 32.0 Å². The Morgan fingerprint density at radius 1 is 1.40 bits per heavy atom. The number of nitrogens with one attached hydrogen (secondary N) is 3. The van der Waals surface area contributed by atoms with Gasteiger partial charge in [0.25, 0.3) is 5.91 Å². The molecular weight excluding hydrogens is 382 g/mol. The van der Waals surface area contributed by atoms with Crippen molar-refractivity contribution >= 4 is 21.8 Å². The van der Waals surface area contributed by atoms with Crippen LogP contribution in [-0.2, 0) is 6.54 Å². The Labute approximate surface area is 153 Å². The number of carbonyl (C=O) groups excluding carboxylic acids is 1. The van der Waals surface area contributed by atoms with Crippen molar-refractivity contribution in [1.29, 1.82) is 5.26 Å². The van der Waals surface area contributed by atoms with Crippen molar-refractivity contribution in [1.82, 2.24) is 20.3 Å². The lowest BCUT2D eigenvalue weighted by molar-refractivity contribution is 0.0941. The number of hydrogen-bond donors (Lipinski definition) is 3. The quantitative estimate of drug-likeness (QED) is 0.627. The van der Waals surface area contributed by atoms with Crippen molar-refractivity contribution < 1.29 is 4.79 Å². The Bertz CT molecular complexity index is 966. The minimum absolute atomic E-state index is 0.249. The van der Waals surface area contributed by atoms with E-state index in [0.29, 0.717) is 10.2 Å². The number of carbonyl (C=O) groups is 1. The molecular formula is C18H16BrN5O. The standard InChI is InChI=1S/C18H16BrN5O/c1-10-4-3-5-12(11(10)2)15-14(24-13(8-20)16(15)19)9-23-18(25)17-21-6-7-22-17/h3-7,24H,9H2,1-2H3,(H,21,22)(H,23,25). The van der Waals surface area contributed by atoms with E-state index in [-0.39, 0.29) is 18.3 Å². The van der Waals surface area contributed by atoms with Crippen LogP contribution in [0.4, 0.5) is 0 Å². The average Bonchev–Trinajstić information content (AvgIpc) is 3.24. The number of H-pyrrole nitrogens is 2. The van der Waals surface area contributed by atoms with E-state index in [9.17, 15) is 10.1 Å². The van der Waals surface area contributed by atoms with E-state index in [1.165, 1.54) is 6.20 Å². The van der Waals surface area contributed by atoms with Crippen molar-refractivity contribution in [2.24, 2.45) is 0 Å². The topological polar surface area (TPSA) is 97.4 Å². The van der Waals surface area contributed by atoms with Gasteiger partial charge in [-0.3, -0.25) is 4.79 Å². The zero-order valence-electron chi connectivity index (χ0n) is 13.8. The molecule has 0 saturated heterocycles. The number of rotatable bonds is 4. The predicted octanol–water partition coefficient (Wildman–Crippen LogP) is 3.59. The molecule has 25 heavy (non-hydrogen) atoms. The SMILES string of the molecule is Cc1cccc(-c2c(CNC(=O)c3ncc[nH]3)[nH]c(C#N)c2Br)c1C. The average molecular weight is 398 g/mol. The summed E-state index contributed by atoms with van der Waals surface area (Å²) in [6.07, 6.45) is 3.12. The molecule has 0 atom stereocenters. The highest BCUT2D eigenvalue weighted by molar-refractivity contribution is 9.10. The Morgan fingerprint density at radius 3 is 2.88 bits per heavy atom. The molecule has 0 fully saturated rings. The molecule has 3 N–H and O–H groups in total. The van der Waals surface area contributed by atoms with Crippen LogP contribution in [0.2, 0.25) is 0 Å². The molecule has 1 aromatic carbocycles. The maximum Gasteiger partial charge on any atom is 0.287 e. The van der Waals surface area contributed by atoms with Crippen LogP contribution in [0.25, 0.3) is 11.1 Å². The van der Waals surface area contributed by atoms with Gasteiger partial charge in [0.1, 0.15) is 11.8 Å². The third-order valence-corrected chi connectivity index (χ3v) is 4.93. The van der Waals surface area contributed by atoms with Crippen LogP contribution >= 0.6 is 15.9 Å². The maximum absolute atomic E-state index is 12.1. The smallest absolute Gasteiger partial charge is 0.287 e. The van der Waals surface area contributed by atoms with Crippen LogP contribution in [-0.4, -0.2) is 20.9 Å². The number of aryl methyl sites for hydroxylation is 1. The van der Waals surface area contributed by atoms with Gasteiger partial charge < -0.3 is 15.3 Å². The van der Waals surface area contributed by atoms with Gasteiger partial charge in [0.2, 0.25) is 0 Å². The summed E-state index contributed by atoms with van der Waals surface area (Å²) in [6, 6.07) is 8.18. The van der Waals surface area contributed by atoms with Crippen molar-refractivity contribution in [3.05, 3.63) is 63.4 Å². The number of nitrogens with zero attached hydrogens (tertiary/aromatic N) is 2. The minimum Gasteiger partial charge on any atom is -0.347 e. The first-order valence-electron chi connectivity index (χ1n) is 7.67. The third-order valence-electron chi connectivity index (χ3n) is 4.14. The normalized spacial score (nSPS) is 10.5. The highest BCUT2D eigenvalue weighted by atomic mass is 79.9. The summed E-state index contributed by atoms with van der Waals surface area (Å²) in [5.41, 5.74) is 5.39. The first kappa shape index (κ1) is 17.0. The second kappa shape index (κ2) is 6.95. The molecule has 0 aliphatic heterocycles. The molecule has 3 aromatic rings. The second-order valence-electron chi connectivity index (χ2n) is 5.65. The number of benzene rings is 1. The minimum atomic E-state index is -0.304. The summed E-state index contributed by atoms with van der Waals surface area (Å²) in [7, 11) is 0. The van der Waals surface area contributed by atoms with Gasteiger partial charge in [-0.25, -0.2) is 4.98 Å². The molecule has 0 aliphatic carbocycles. The van der Waals surface area contributed by atoms with E-state index in [1.54, 1.807) is 6.20 Å². The summed E-state index contributed by atoms with van der Waals surface area (Å²) in [4.78, 5) is 21.9. The number of imidazole rings is 1. The summed E-state index contributed by atoms with van der Waals surface area (Å²) in [5, 5.41) is 12.2. The zero-order valence-corrected chi connectivity index (χ0v) is 15.4. The largest absolute Gasteiger partial charge is 0.347 e. The molecule has 126 valence electrons. The van der Waals surface area contributed by atoms with Crippen LogP contribution in [0.5, 0.6) is 0 Å². The highest BCUT2D eigenvalue weighted by Crippen LogP contribution is 2.37. The van der Waals surface area contributed by atoms with Crippen LogP contribution in [0, 0.1) is 25.2 Å². The van der Waals surface area contributed by atoms with E-state index < -0.39 is 0 Å². The predicted molar refractivity (Wildman–Crippen MR) is 97.9 cm³/mol. The molecule has 2 heterocycles. The van der Waals surface area contributed by atoms with Gasteiger partial charge in [-0.05, 0) is 46.5 Å². The van der Waals surface area contributed by atoms with Gasteiger partial charge >= 0.3 is 0 Å². The lowest BCUT2D eigenvalue weighted by atomic mass is 9.97. The van der Waals surface area contributed by atoms with E-state index in [4.69, 9.17) is 0 Å². The monoisotopic (exact) mass is 397 g/mol. The van der Waals surface area contributed by atoms with Crippen LogP contribution in [0.15, 0.2) is 35.1 Å². The fraction of sp³-hybridized carbons (Fsp3) is 0.167. The molecule has 3 rings (SSSR count). The lowest BCUT2D eigenvalue weighted by Gasteiger charge is -2.11. The molecule has 0 saturated carbocycles. The van der Waals surface area contributed by atoms with Gasteiger partial charge in [-0.15, -0.1) is 0 Å². The van der Waals surface area contributed by atoms with Crippen LogP contribution in [0.1, 0.15) is 33.1 Å². The fourth-order valence-electron chi connectivity index (χ4n) is 2.68. The maximum atomic E-state index is 12.1. The molecule has 1 amide bonds. The van der Waals surface area contributed by atoms with Crippen molar-refractivity contribution in [3.63, 3.8) is 0 Å². The Kier molecular flexibility index (Phi) is 4.72. The number of amides is 1. The Balaban J connectivity index is 1.98. The number of hydrogen-bond acceptors (Lipinski definition) is 3. The highest BCUT2D eigenvalue weighted by Gasteiger charge is 2.20. The van der Waals surface area contributed by atoms with Gasteiger partial charge in [-0.1, -0.05) is 18.2 Å². The number of nitriles is 1. The number of aromatic amines is 2. The molecule has 2 aromatic heterocycles. The molecule has 0 radical (unpaired) electrons. The van der Waals surface area contributed by atoms with Crippen LogP contribution < -0.4 is 5.32 Å². The van der Waals surface area contributed by atoms with Gasteiger partial charge in [0.15, 0.2) is 5.82 Å². The third kappa shape index (κ3) is 3.21. The molecule has 6 nitrogen and oxygen atoms in total. The molecule has 0 aliphatic rings. The van der Waals surface area contributed by atoms with Crippen LogP contribution in [0.3, 0.4) is 0 Å². The van der Waals surface area contributed by atoms with Gasteiger partial charge in [0.05, 0.1) is 11.0 Å². The molecule has 0 unspecified atom stereocenters. The summed E-state index contributed by atoms with van der Waals surface area (Å²) < 4.78 is 0.700. The van der Waals surface area contributed by atoms with Gasteiger partial charge in [0, 0.05) is 23.7 Å². The zero-order chi connectivity index (χ0) is 18.0. The first-order chi connectivity index (χ1) is 12.0. The van der Waals surface area contributed by atoms with E-state index in [0.717, 1.165) is 27.9 Å². The van der Waals surface area contributed by atoms with E-state index >= 15 is 0 Å². The second-order valence-corrected chi connectivity index (χ2v) is 6.44. The van der Waals surface area contributed by atoms with E-state index in [2.05, 4.69) is 42.3 Å². The summed E-state index contributed by atoms with van der Waals surface area (Å²) in [6.45, 7) is 4.34. The molecule has 7 heteroatoms. The lowest BCUT2D eigenvalue weighted by Crippen LogP contribution is -2.24. The van der Waals surface area contributed by atoms with Crippen molar-refractivity contribution in [2.45, 2.75) is 20.4 Å². The summed E-state index contributed by atoms with van der Waals surface area (Å²) >= 11 is 3.52. The number of aromatic nitrogens is 3. The molecule has 0 bridgehead atoms. The van der Waals surface area contributed by atoms with Crippen molar-refractivity contribution in [3.8, 4) is 17.2 Å². The summed E-state index contributed by atoms with van der Waals surface area (Å²) in [5.74, 6) is -0.0550. The Morgan fingerprint density at radius 2 is 2.20 bits per heavy atom. The number of halogens is 1. The molecule has 0 spiro atoms. The van der Waals surface area contributed by atoms with Crippen molar-refractivity contribution in [2.75, 3.05) is 0 Å². The fourth-order valence-corrected chi connectivity index (χ4v) is 3.32.